The van der Waals surface area contributed by atoms with Crippen LogP contribution in [0.2, 0.25) is 0 Å². The zero-order chi connectivity index (χ0) is 18.7. The summed E-state index contributed by atoms with van der Waals surface area (Å²) in [7, 11) is 0. The number of carbonyl (C=O) groups is 1. The summed E-state index contributed by atoms with van der Waals surface area (Å²) in [5.41, 5.74) is -0.253. The molecule has 1 heterocycles. The van der Waals surface area contributed by atoms with Crippen LogP contribution in [0.25, 0.3) is 0 Å². The SMILES string of the molecule is CC(O)c1ccc(C2(CNC(=O)c3ccccc3[N+](=O)[O-])CCCC2)s1. The number of rotatable bonds is 6. The molecule has 3 rings (SSSR count). The minimum Gasteiger partial charge on any atom is -0.388 e. The van der Waals surface area contributed by atoms with Crippen LogP contribution >= 0.6 is 11.3 Å². The van der Waals surface area contributed by atoms with Crippen LogP contribution in [0.5, 0.6) is 0 Å². The Hall–Kier alpha value is -2.25. The van der Waals surface area contributed by atoms with Crippen LogP contribution in [0.4, 0.5) is 5.69 Å². The van der Waals surface area contributed by atoms with Gasteiger partial charge in [-0.2, -0.15) is 0 Å². The lowest BCUT2D eigenvalue weighted by Gasteiger charge is -2.28. The van der Waals surface area contributed by atoms with E-state index in [1.165, 1.54) is 12.1 Å². The molecule has 1 unspecified atom stereocenters. The number of nitro groups is 1. The summed E-state index contributed by atoms with van der Waals surface area (Å²) >= 11 is 1.58. The zero-order valence-electron chi connectivity index (χ0n) is 14.6. The van der Waals surface area contributed by atoms with Gasteiger partial charge < -0.3 is 10.4 Å². The molecule has 2 N–H and O–H groups in total. The first-order valence-electron chi connectivity index (χ1n) is 8.73. The first-order valence-corrected chi connectivity index (χ1v) is 9.54. The van der Waals surface area contributed by atoms with Crippen LogP contribution in [0.3, 0.4) is 0 Å². The molecule has 6 nitrogen and oxygen atoms in total. The third-order valence-electron chi connectivity index (χ3n) is 5.05. The van der Waals surface area contributed by atoms with Gasteiger partial charge in [0.15, 0.2) is 0 Å². The molecule has 1 fully saturated rings. The predicted molar refractivity (Wildman–Crippen MR) is 101 cm³/mol. The highest BCUT2D eigenvalue weighted by Gasteiger charge is 2.37. The topological polar surface area (TPSA) is 92.5 Å². The number of hydrogen-bond donors (Lipinski definition) is 2. The van der Waals surface area contributed by atoms with Gasteiger partial charge in [-0.1, -0.05) is 25.0 Å². The molecule has 1 aliphatic carbocycles. The van der Waals surface area contributed by atoms with E-state index in [2.05, 4.69) is 5.32 Å². The highest BCUT2D eigenvalue weighted by molar-refractivity contribution is 7.12. The molecule has 1 atom stereocenters. The minimum atomic E-state index is -0.533. The summed E-state index contributed by atoms with van der Waals surface area (Å²) < 4.78 is 0. The lowest BCUT2D eigenvalue weighted by molar-refractivity contribution is -0.385. The average Bonchev–Trinajstić information content (AvgIpc) is 3.29. The van der Waals surface area contributed by atoms with Crippen molar-refractivity contribution in [3.8, 4) is 0 Å². The second-order valence-corrected chi connectivity index (χ2v) is 7.94. The van der Waals surface area contributed by atoms with E-state index in [0.717, 1.165) is 35.4 Å². The van der Waals surface area contributed by atoms with Crippen molar-refractivity contribution in [1.29, 1.82) is 0 Å². The first kappa shape index (κ1) is 18.5. The number of thiophene rings is 1. The monoisotopic (exact) mass is 374 g/mol. The molecule has 0 aliphatic heterocycles. The molecular weight excluding hydrogens is 352 g/mol. The fourth-order valence-electron chi connectivity index (χ4n) is 3.59. The Morgan fingerprint density at radius 2 is 2.00 bits per heavy atom. The van der Waals surface area contributed by atoms with Gasteiger partial charge in [-0.3, -0.25) is 14.9 Å². The van der Waals surface area contributed by atoms with Crippen molar-refractivity contribution in [2.75, 3.05) is 6.54 Å². The Kier molecular flexibility index (Phi) is 5.38. The summed E-state index contributed by atoms with van der Waals surface area (Å²) in [4.78, 5) is 25.2. The highest BCUT2D eigenvalue weighted by atomic mass is 32.1. The molecule has 2 aromatic rings. The van der Waals surface area contributed by atoms with Gasteiger partial charge in [0.1, 0.15) is 5.56 Å². The van der Waals surface area contributed by atoms with Crippen molar-refractivity contribution in [3.05, 3.63) is 61.8 Å². The molecule has 0 radical (unpaired) electrons. The average molecular weight is 374 g/mol. The Bertz CT molecular complexity index is 809. The van der Waals surface area contributed by atoms with E-state index in [4.69, 9.17) is 0 Å². The van der Waals surface area contributed by atoms with Crippen molar-refractivity contribution >= 4 is 22.9 Å². The van der Waals surface area contributed by atoms with Crippen molar-refractivity contribution in [3.63, 3.8) is 0 Å². The van der Waals surface area contributed by atoms with E-state index in [9.17, 15) is 20.0 Å². The van der Waals surface area contributed by atoms with E-state index in [1.54, 1.807) is 30.4 Å². The van der Waals surface area contributed by atoms with Gasteiger partial charge in [0.2, 0.25) is 0 Å². The van der Waals surface area contributed by atoms with E-state index in [1.807, 2.05) is 12.1 Å². The van der Waals surface area contributed by atoms with Crippen LogP contribution < -0.4 is 5.32 Å². The van der Waals surface area contributed by atoms with Crippen LogP contribution in [0, 0.1) is 10.1 Å². The van der Waals surface area contributed by atoms with E-state index >= 15 is 0 Å². The van der Waals surface area contributed by atoms with Crippen molar-refractivity contribution in [2.24, 2.45) is 0 Å². The van der Waals surface area contributed by atoms with Crippen LogP contribution in [0.15, 0.2) is 36.4 Å². The molecule has 138 valence electrons. The first-order chi connectivity index (χ1) is 12.4. The second kappa shape index (κ2) is 7.55. The Morgan fingerprint density at radius 3 is 2.62 bits per heavy atom. The molecule has 0 bridgehead atoms. The minimum absolute atomic E-state index is 0.0847. The molecule has 0 saturated heterocycles. The summed E-state index contributed by atoms with van der Waals surface area (Å²) in [5, 5.41) is 23.8. The second-order valence-electron chi connectivity index (χ2n) is 6.82. The van der Waals surface area contributed by atoms with Gasteiger partial charge in [-0.15, -0.1) is 11.3 Å². The predicted octanol–water partition coefficient (Wildman–Crippen LogP) is 3.95. The number of aliphatic hydroxyl groups excluding tert-OH is 1. The zero-order valence-corrected chi connectivity index (χ0v) is 15.4. The number of benzene rings is 1. The molecule has 1 saturated carbocycles. The van der Waals surface area contributed by atoms with Crippen molar-refractivity contribution in [2.45, 2.75) is 44.1 Å². The Labute approximate surface area is 156 Å². The summed E-state index contributed by atoms with van der Waals surface area (Å²) in [6.07, 6.45) is 3.59. The lowest BCUT2D eigenvalue weighted by Crippen LogP contribution is -2.38. The van der Waals surface area contributed by atoms with Crippen molar-refractivity contribution < 1.29 is 14.8 Å². The number of para-hydroxylation sites is 1. The molecule has 0 spiro atoms. The number of hydrogen-bond acceptors (Lipinski definition) is 5. The van der Waals surface area contributed by atoms with Gasteiger partial charge in [-0.25, -0.2) is 0 Å². The number of nitrogens with zero attached hydrogens (tertiary/aromatic N) is 1. The summed E-state index contributed by atoms with van der Waals surface area (Å²) in [6, 6.07) is 9.97. The van der Waals surface area contributed by atoms with E-state index in [0.29, 0.717) is 6.54 Å². The molecular formula is C19H22N2O4S. The van der Waals surface area contributed by atoms with Crippen LogP contribution in [0.1, 0.15) is 58.8 Å². The molecule has 1 aliphatic rings. The fourth-order valence-corrected chi connectivity index (χ4v) is 4.78. The maximum atomic E-state index is 12.6. The number of carbonyl (C=O) groups excluding carboxylic acids is 1. The normalized spacial score (nSPS) is 17.0. The van der Waals surface area contributed by atoms with Gasteiger partial charge >= 0.3 is 0 Å². The smallest absolute Gasteiger partial charge is 0.282 e. The quantitative estimate of drug-likeness (QED) is 0.591. The number of nitro benzene ring substituents is 1. The lowest BCUT2D eigenvalue weighted by atomic mass is 9.84. The van der Waals surface area contributed by atoms with Crippen LogP contribution in [-0.2, 0) is 5.41 Å². The Morgan fingerprint density at radius 1 is 1.31 bits per heavy atom. The van der Waals surface area contributed by atoms with Gasteiger partial charge in [0, 0.05) is 27.8 Å². The molecule has 26 heavy (non-hydrogen) atoms. The number of aliphatic hydroxyl groups is 1. The third kappa shape index (κ3) is 3.64. The molecule has 1 aromatic carbocycles. The molecule has 1 amide bonds. The molecule has 7 heteroatoms. The maximum Gasteiger partial charge on any atom is 0.282 e. The fraction of sp³-hybridized carbons (Fsp3) is 0.421. The summed E-state index contributed by atoms with van der Waals surface area (Å²) in [6.45, 7) is 2.19. The van der Waals surface area contributed by atoms with Gasteiger partial charge in [-0.05, 0) is 38.0 Å². The molecule has 1 aromatic heterocycles. The van der Waals surface area contributed by atoms with Crippen molar-refractivity contribution in [1.82, 2.24) is 5.32 Å². The largest absolute Gasteiger partial charge is 0.388 e. The summed E-state index contributed by atoms with van der Waals surface area (Å²) in [5.74, 6) is -0.420. The Balaban J connectivity index is 1.79. The highest BCUT2D eigenvalue weighted by Crippen LogP contribution is 2.44. The number of amides is 1. The number of nitrogens with one attached hydrogen (secondary N) is 1. The van der Waals surface area contributed by atoms with Gasteiger partial charge in [0.25, 0.3) is 11.6 Å². The maximum absolute atomic E-state index is 12.6. The van der Waals surface area contributed by atoms with Crippen LogP contribution in [-0.4, -0.2) is 22.5 Å². The van der Waals surface area contributed by atoms with Gasteiger partial charge in [0.05, 0.1) is 11.0 Å². The van der Waals surface area contributed by atoms with E-state index in [-0.39, 0.29) is 16.7 Å². The standard InChI is InChI=1S/C19H22N2O4S/c1-13(22)16-8-9-17(26-16)19(10-4-5-11-19)12-20-18(23)14-6-2-3-7-15(14)21(24)25/h2-3,6-9,13,22H,4-5,10-12H2,1H3,(H,20,23). The third-order valence-corrected chi connectivity index (χ3v) is 6.56. The van der Waals surface area contributed by atoms with E-state index < -0.39 is 16.9 Å².